The number of amides is 1. The lowest BCUT2D eigenvalue weighted by Gasteiger charge is -2.33. The molecule has 4 heterocycles. The summed E-state index contributed by atoms with van der Waals surface area (Å²) < 4.78 is 3.91. The fourth-order valence-corrected chi connectivity index (χ4v) is 3.65. The van der Waals surface area contributed by atoms with E-state index >= 15 is 0 Å². The zero-order valence-electron chi connectivity index (χ0n) is 15.9. The molecule has 0 aromatic carbocycles. The molecule has 4 rings (SSSR count). The molecule has 9 nitrogen and oxygen atoms in total. The monoisotopic (exact) mass is 380 g/mol. The summed E-state index contributed by atoms with van der Waals surface area (Å²) in [4.78, 5) is 22.9. The molecule has 1 aliphatic heterocycles. The summed E-state index contributed by atoms with van der Waals surface area (Å²) in [5.41, 5.74) is 7.74. The van der Waals surface area contributed by atoms with Crippen LogP contribution in [0.15, 0.2) is 37.3 Å². The number of carbonyl (C=O) groups excluding carboxylic acids is 1. The third-order valence-corrected chi connectivity index (χ3v) is 5.09. The van der Waals surface area contributed by atoms with Crippen molar-refractivity contribution in [2.24, 2.45) is 0 Å². The van der Waals surface area contributed by atoms with Crippen molar-refractivity contribution in [2.45, 2.75) is 32.4 Å². The van der Waals surface area contributed by atoms with Gasteiger partial charge in [-0.05, 0) is 31.9 Å². The van der Waals surface area contributed by atoms with Crippen LogP contribution in [-0.2, 0) is 11.3 Å². The average Bonchev–Trinajstić information content (AvgIpc) is 3.34. The second-order valence-electron chi connectivity index (χ2n) is 6.89. The Morgan fingerprint density at radius 2 is 2.32 bits per heavy atom. The summed E-state index contributed by atoms with van der Waals surface area (Å²) >= 11 is 0. The Balaban J connectivity index is 1.65. The quantitative estimate of drug-likeness (QED) is 0.658. The number of hydrogen-bond donors (Lipinski definition) is 2. The van der Waals surface area contributed by atoms with E-state index in [0.29, 0.717) is 18.3 Å². The van der Waals surface area contributed by atoms with E-state index in [1.165, 1.54) is 6.08 Å². The van der Waals surface area contributed by atoms with Gasteiger partial charge in [-0.15, -0.1) is 0 Å². The van der Waals surface area contributed by atoms with E-state index < -0.39 is 0 Å². The second kappa shape index (κ2) is 7.34. The molecule has 1 fully saturated rings. The smallest absolute Gasteiger partial charge is 0.246 e. The molecule has 0 bridgehead atoms. The van der Waals surface area contributed by atoms with Crippen LogP contribution >= 0.6 is 0 Å². The van der Waals surface area contributed by atoms with Crippen molar-refractivity contribution in [1.29, 1.82) is 0 Å². The first-order chi connectivity index (χ1) is 13.6. The number of aromatic nitrogens is 5. The van der Waals surface area contributed by atoms with Crippen LogP contribution in [0.1, 0.15) is 25.8 Å². The third kappa shape index (κ3) is 3.30. The van der Waals surface area contributed by atoms with Crippen LogP contribution in [0.2, 0.25) is 0 Å². The van der Waals surface area contributed by atoms with Gasteiger partial charge in [-0.2, -0.15) is 15.1 Å². The highest BCUT2D eigenvalue weighted by Gasteiger charge is 2.25. The highest BCUT2D eigenvalue weighted by atomic mass is 16.2. The van der Waals surface area contributed by atoms with Crippen LogP contribution in [0.3, 0.4) is 0 Å². The molecule has 3 N–H and O–H groups in total. The minimum atomic E-state index is -0.0365. The number of nitrogens with two attached hydrogens (primary N) is 1. The van der Waals surface area contributed by atoms with Crippen LogP contribution in [-0.4, -0.2) is 48.2 Å². The fourth-order valence-electron chi connectivity index (χ4n) is 3.65. The summed E-state index contributed by atoms with van der Waals surface area (Å²) in [7, 11) is 0. The molecular weight excluding hydrogens is 356 g/mol. The maximum Gasteiger partial charge on any atom is 0.246 e. The number of nitrogens with one attached hydrogen (secondary N) is 1. The van der Waals surface area contributed by atoms with Crippen molar-refractivity contribution in [1.82, 2.24) is 29.2 Å². The predicted octanol–water partition coefficient (Wildman–Crippen LogP) is 2.32. The van der Waals surface area contributed by atoms with Crippen molar-refractivity contribution < 1.29 is 4.79 Å². The summed E-state index contributed by atoms with van der Waals surface area (Å²) in [6.45, 7) is 7.79. The van der Waals surface area contributed by atoms with Crippen LogP contribution < -0.4 is 11.1 Å². The summed E-state index contributed by atoms with van der Waals surface area (Å²) in [5, 5.41) is 8.22. The molecular formula is C19H24N8O. The van der Waals surface area contributed by atoms with Crippen LogP contribution in [0.5, 0.6) is 0 Å². The van der Waals surface area contributed by atoms with Gasteiger partial charge >= 0.3 is 0 Å². The zero-order chi connectivity index (χ0) is 19.7. The largest absolute Gasteiger partial charge is 0.383 e. The maximum absolute atomic E-state index is 12.0. The topological polar surface area (TPSA) is 107 Å². The SMILES string of the molecule is C=CC(=O)N1CCCC(n2ccc3c(N)nc(Nc4cnn(CC)c4)nc32)C1. The number of anilines is 3. The van der Waals surface area contributed by atoms with Gasteiger partial charge in [-0.3, -0.25) is 9.48 Å². The van der Waals surface area contributed by atoms with Gasteiger partial charge < -0.3 is 20.5 Å². The van der Waals surface area contributed by atoms with Gasteiger partial charge in [0.25, 0.3) is 0 Å². The number of fused-ring (bicyclic) bond motifs is 1. The van der Waals surface area contributed by atoms with E-state index in [4.69, 9.17) is 10.7 Å². The molecule has 3 aromatic rings. The molecule has 9 heteroatoms. The molecule has 0 saturated carbocycles. The summed E-state index contributed by atoms with van der Waals surface area (Å²) in [5.74, 6) is 0.810. The molecule has 28 heavy (non-hydrogen) atoms. The van der Waals surface area contributed by atoms with E-state index in [1.54, 1.807) is 6.20 Å². The van der Waals surface area contributed by atoms with E-state index in [-0.39, 0.29) is 11.9 Å². The maximum atomic E-state index is 12.0. The number of carbonyl (C=O) groups is 1. The molecule has 0 aliphatic carbocycles. The summed E-state index contributed by atoms with van der Waals surface area (Å²) in [6, 6.07) is 2.07. The molecule has 0 radical (unpaired) electrons. The number of nitrogen functional groups attached to an aromatic ring is 1. The highest BCUT2D eigenvalue weighted by molar-refractivity contribution is 5.88. The number of hydrogen-bond acceptors (Lipinski definition) is 6. The van der Waals surface area contributed by atoms with E-state index in [9.17, 15) is 4.79 Å². The number of piperidine rings is 1. The lowest BCUT2D eigenvalue weighted by Crippen LogP contribution is -2.39. The van der Waals surface area contributed by atoms with Gasteiger partial charge in [0.1, 0.15) is 11.5 Å². The Morgan fingerprint density at radius 1 is 1.46 bits per heavy atom. The molecule has 146 valence electrons. The molecule has 1 atom stereocenters. The first-order valence-corrected chi connectivity index (χ1v) is 9.44. The molecule has 1 saturated heterocycles. The number of rotatable bonds is 5. The molecule has 0 spiro atoms. The van der Waals surface area contributed by atoms with E-state index in [1.807, 2.05) is 35.0 Å². The molecule has 1 unspecified atom stereocenters. The van der Waals surface area contributed by atoms with Gasteiger partial charge in [-0.25, -0.2) is 0 Å². The molecule has 1 aliphatic rings. The lowest BCUT2D eigenvalue weighted by atomic mass is 10.1. The van der Waals surface area contributed by atoms with Crippen molar-refractivity contribution in [3.63, 3.8) is 0 Å². The lowest BCUT2D eigenvalue weighted by molar-refractivity contribution is -0.127. The Morgan fingerprint density at radius 3 is 3.07 bits per heavy atom. The molecule has 1 amide bonds. The first-order valence-electron chi connectivity index (χ1n) is 9.44. The third-order valence-electron chi connectivity index (χ3n) is 5.09. The van der Waals surface area contributed by atoms with Gasteiger partial charge in [-0.1, -0.05) is 6.58 Å². The Kier molecular flexibility index (Phi) is 4.72. The van der Waals surface area contributed by atoms with Gasteiger partial charge in [0, 0.05) is 32.0 Å². The second-order valence-corrected chi connectivity index (χ2v) is 6.89. The Bertz CT molecular complexity index is 1020. The average molecular weight is 380 g/mol. The fraction of sp³-hybridized carbons (Fsp3) is 0.368. The van der Waals surface area contributed by atoms with Crippen molar-refractivity contribution in [3.8, 4) is 0 Å². The van der Waals surface area contributed by atoms with Gasteiger partial charge in [0.15, 0.2) is 0 Å². The van der Waals surface area contributed by atoms with Crippen molar-refractivity contribution in [3.05, 3.63) is 37.3 Å². The molecule has 3 aromatic heterocycles. The normalized spacial score (nSPS) is 17.0. The summed E-state index contributed by atoms with van der Waals surface area (Å²) in [6.07, 6.45) is 8.87. The Labute approximate surface area is 162 Å². The van der Waals surface area contributed by atoms with Crippen molar-refractivity contribution in [2.75, 3.05) is 24.1 Å². The van der Waals surface area contributed by atoms with Gasteiger partial charge in [0.2, 0.25) is 11.9 Å². The highest BCUT2D eigenvalue weighted by Crippen LogP contribution is 2.29. The minimum absolute atomic E-state index is 0.0365. The van der Waals surface area contributed by atoms with E-state index in [0.717, 1.165) is 42.7 Å². The number of likely N-dealkylation sites (tertiary alicyclic amines) is 1. The Hall–Kier alpha value is -3.36. The van der Waals surface area contributed by atoms with Gasteiger partial charge in [0.05, 0.1) is 23.3 Å². The standard InChI is InChI=1S/C19H24N8O/c1-3-16(28)25-8-5-6-14(12-25)27-9-7-15-17(20)23-19(24-18(15)27)22-13-10-21-26(4-2)11-13/h3,7,9-11,14H,1,4-6,8,12H2,2H3,(H3,20,22,23,24). The predicted molar refractivity (Wildman–Crippen MR) is 108 cm³/mol. The van der Waals surface area contributed by atoms with Crippen LogP contribution in [0, 0.1) is 0 Å². The van der Waals surface area contributed by atoms with Crippen molar-refractivity contribution >= 4 is 34.4 Å². The minimum Gasteiger partial charge on any atom is -0.383 e. The van der Waals surface area contributed by atoms with Crippen LogP contribution in [0.25, 0.3) is 11.0 Å². The van der Waals surface area contributed by atoms with Crippen LogP contribution in [0.4, 0.5) is 17.5 Å². The van der Waals surface area contributed by atoms with E-state index in [2.05, 4.69) is 26.5 Å². The number of nitrogens with zero attached hydrogens (tertiary/aromatic N) is 6. The number of aryl methyl sites for hydroxylation is 1. The zero-order valence-corrected chi connectivity index (χ0v) is 15.9. The first kappa shape index (κ1) is 18.0.